The number of anilines is 2. The first-order valence-electron chi connectivity index (χ1n) is 9.49. The Bertz CT molecular complexity index is 855. The molecule has 1 aliphatic heterocycles. The number of morpholine rings is 1. The molecule has 0 aliphatic carbocycles. The van der Waals surface area contributed by atoms with Crippen LogP contribution in [-0.2, 0) is 9.53 Å². The normalized spacial score (nSPS) is 13.8. The summed E-state index contributed by atoms with van der Waals surface area (Å²) in [6, 6.07) is 11.3. The van der Waals surface area contributed by atoms with Crippen molar-refractivity contribution in [1.82, 2.24) is 5.32 Å². The van der Waals surface area contributed by atoms with E-state index in [1.54, 1.807) is 36.4 Å². The predicted octanol–water partition coefficient (Wildman–Crippen LogP) is 3.46. The third-order valence-corrected chi connectivity index (χ3v) is 4.81. The van der Waals surface area contributed by atoms with Gasteiger partial charge in [-0.3, -0.25) is 9.59 Å². The average Bonchev–Trinajstić information content (AvgIpc) is 2.72. The van der Waals surface area contributed by atoms with Crippen molar-refractivity contribution in [3.8, 4) is 0 Å². The van der Waals surface area contributed by atoms with Gasteiger partial charge >= 0.3 is 0 Å². The van der Waals surface area contributed by atoms with Crippen molar-refractivity contribution >= 4 is 34.8 Å². The Morgan fingerprint density at radius 2 is 1.83 bits per heavy atom. The lowest BCUT2D eigenvalue weighted by molar-refractivity contribution is -0.116. The molecule has 2 N–H and O–H groups in total. The molecule has 1 aliphatic rings. The van der Waals surface area contributed by atoms with Crippen LogP contribution in [0.25, 0.3) is 0 Å². The molecule has 154 valence electrons. The van der Waals surface area contributed by atoms with Gasteiger partial charge in [0, 0.05) is 42.3 Å². The molecule has 1 saturated heterocycles. The van der Waals surface area contributed by atoms with Crippen molar-refractivity contribution in [3.05, 3.63) is 58.9 Å². The summed E-state index contributed by atoms with van der Waals surface area (Å²) in [6.45, 7) is 2.80. The Balaban J connectivity index is 1.41. The van der Waals surface area contributed by atoms with Crippen LogP contribution >= 0.6 is 11.6 Å². The largest absolute Gasteiger partial charge is 0.378 e. The van der Waals surface area contributed by atoms with Crippen molar-refractivity contribution in [2.24, 2.45) is 0 Å². The molecule has 2 amide bonds. The predicted molar refractivity (Wildman–Crippen MR) is 111 cm³/mol. The van der Waals surface area contributed by atoms with Crippen LogP contribution in [-0.4, -0.2) is 44.7 Å². The average molecular weight is 420 g/mol. The number of hydrogen-bond acceptors (Lipinski definition) is 4. The van der Waals surface area contributed by atoms with Crippen molar-refractivity contribution in [1.29, 1.82) is 0 Å². The van der Waals surface area contributed by atoms with E-state index in [2.05, 4.69) is 10.6 Å². The van der Waals surface area contributed by atoms with E-state index in [1.165, 1.54) is 6.07 Å². The molecule has 1 heterocycles. The number of benzene rings is 2. The number of nitrogens with zero attached hydrogens (tertiary/aromatic N) is 1. The summed E-state index contributed by atoms with van der Waals surface area (Å²) in [6.07, 6.45) is 0.688. The van der Waals surface area contributed by atoms with Gasteiger partial charge in [0.25, 0.3) is 5.91 Å². The molecule has 0 spiro atoms. The summed E-state index contributed by atoms with van der Waals surface area (Å²) < 4.78 is 19.7. The molecule has 2 aromatic rings. The van der Waals surface area contributed by atoms with Crippen molar-refractivity contribution in [2.45, 2.75) is 12.8 Å². The molecule has 3 rings (SSSR count). The second-order valence-electron chi connectivity index (χ2n) is 6.68. The number of halogens is 2. The first-order valence-corrected chi connectivity index (χ1v) is 9.86. The lowest BCUT2D eigenvalue weighted by Gasteiger charge is -2.29. The van der Waals surface area contributed by atoms with Crippen LogP contribution < -0.4 is 15.5 Å². The van der Waals surface area contributed by atoms with Gasteiger partial charge in [0.05, 0.1) is 18.9 Å². The molecule has 2 aromatic carbocycles. The molecule has 29 heavy (non-hydrogen) atoms. The summed E-state index contributed by atoms with van der Waals surface area (Å²) in [4.78, 5) is 26.0. The van der Waals surface area contributed by atoms with Gasteiger partial charge in [0.15, 0.2) is 0 Å². The van der Waals surface area contributed by atoms with E-state index in [1.807, 2.05) is 4.90 Å². The Kier molecular flexibility index (Phi) is 7.43. The Hall–Kier alpha value is -2.64. The third-order valence-electron chi connectivity index (χ3n) is 4.56. The van der Waals surface area contributed by atoms with Crippen molar-refractivity contribution in [3.63, 3.8) is 0 Å². The zero-order valence-electron chi connectivity index (χ0n) is 15.9. The van der Waals surface area contributed by atoms with Crippen molar-refractivity contribution < 1.29 is 18.7 Å². The molecule has 6 nitrogen and oxygen atoms in total. The monoisotopic (exact) mass is 419 g/mol. The second-order valence-corrected chi connectivity index (χ2v) is 7.12. The number of ether oxygens (including phenoxy) is 1. The lowest BCUT2D eigenvalue weighted by Crippen LogP contribution is -2.36. The van der Waals surface area contributed by atoms with Crippen LogP contribution in [0, 0.1) is 5.82 Å². The summed E-state index contributed by atoms with van der Waals surface area (Å²) in [7, 11) is 0. The molecule has 0 atom stereocenters. The van der Waals surface area contributed by atoms with Crippen LogP contribution in [0.15, 0.2) is 42.5 Å². The first kappa shape index (κ1) is 21.1. The highest BCUT2D eigenvalue weighted by atomic mass is 35.5. The highest BCUT2D eigenvalue weighted by Crippen LogP contribution is 2.23. The second kappa shape index (κ2) is 10.2. The molecule has 8 heteroatoms. The fraction of sp³-hybridized carbons (Fsp3) is 0.333. The number of carbonyl (C=O) groups is 2. The molecule has 1 fully saturated rings. The summed E-state index contributed by atoms with van der Waals surface area (Å²) in [5.74, 6) is -0.827. The number of amides is 2. The Labute approximate surface area is 174 Å². The number of nitrogens with one attached hydrogen (secondary N) is 2. The van der Waals surface area contributed by atoms with E-state index < -0.39 is 0 Å². The first-order chi connectivity index (χ1) is 14.0. The Morgan fingerprint density at radius 3 is 2.52 bits per heavy atom. The van der Waals surface area contributed by atoms with Gasteiger partial charge in [-0.1, -0.05) is 11.6 Å². The molecule has 0 saturated carbocycles. The van der Waals surface area contributed by atoms with Gasteiger partial charge < -0.3 is 20.3 Å². The zero-order valence-corrected chi connectivity index (χ0v) is 16.7. The maximum absolute atomic E-state index is 14.4. The van der Waals surface area contributed by atoms with E-state index in [0.29, 0.717) is 61.2 Å². The standard InChI is InChI=1S/C21H23ClFN3O3/c22-16-5-3-15(4-6-16)21(28)24-9-1-2-20(27)25-17-7-8-19(18(23)14-17)26-10-12-29-13-11-26/h3-8,14H,1-2,9-13H2,(H,24,28)(H,25,27). The molecular weight excluding hydrogens is 397 g/mol. The van der Waals surface area contributed by atoms with E-state index in [4.69, 9.17) is 16.3 Å². The minimum Gasteiger partial charge on any atom is -0.378 e. The minimum absolute atomic E-state index is 0.216. The molecule has 0 unspecified atom stereocenters. The smallest absolute Gasteiger partial charge is 0.251 e. The highest BCUT2D eigenvalue weighted by molar-refractivity contribution is 6.30. The molecule has 0 aromatic heterocycles. The van der Waals surface area contributed by atoms with Gasteiger partial charge in [0.1, 0.15) is 5.82 Å². The molecule has 0 bridgehead atoms. The number of hydrogen-bond donors (Lipinski definition) is 2. The van der Waals surface area contributed by atoms with Crippen molar-refractivity contribution in [2.75, 3.05) is 43.1 Å². The fourth-order valence-corrected chi connectivity index (χ4v) is 3.15. The molecule has 0 radical (unpaired) electrons. The highest BCUT2D eigenvalue weighted by Gasteiger charge is 2.15. The van der Waals surface area contributed by atoms with E-state index in [-0.39, 0.29) is 24.1 Å². The van der Waals surface area contributed by atoms with Crippen LogP contribution in [0.5, 0.6) is 0 Å². The van der Waals surface area contributed by atoms with Crippen LogP contribution in [0.1, 0.15) is 23.2 Å². The lowest BCUT2D eigenvalue weighted by atomic mass is 10.2. The quantitative estimate of drug-likeness (QED) is 0.674. The summed E-state index contributed by atoms with van der Waals surface area (Å²) >= 11 is 5.80. The van der Waals surface area contributed by atoms with Crippen LogP contribution in [0.3, 0.4) is 0 Å². The maximum atomic E-state index is 14.4. The van der Waals surface area contributed by atoms with E-state index >= 15 is 0 Å². The topological polar surface area (TPSA) is 70.7 Å². The fourth-order valence-electron chi connectivity index (χ4n) is 3.02. The zero-order chi connectivity index (χ0) is 20.6. The van der Waals surface area contributed by atoms with Gasteiger partial charge in [-0.25, -0.2) is 4.39 Å². The summed E-state index contributed by atoms with van der Waals surface area (Å²) in [5, 5.41) is 6.00. The van der Waals surface area contributed by atoms with E-state index in [9.17, 15) is 14.0 Å². The Morgan fingerprint density at radius 1 is 1.10 bits per heavy atom. The third kappa shape index (κ3) is 6.17. The van der Waals surface area contributed by atoms with Gasteiger partial charge in [-0.05, 0) is 48.9 Å². The maximum Gasteiger partial charge on any atom is 0.251 e. The van der Waals surface area contributed by atoms with Crippen LogP contribution in [0.4, 0.5) is 15.8 Å². The van der Waals surface area contributed by atoms with E-state index in [0.717, 1.165) is 0 Å². The van der Waals surface area contributed by atoms with Gasteiger partial charge in [0.2, 0.25) is 5.91 Å². The number of rotatable bonds is 7. The van der Waals surface area contributed by atoms with Gasteiger partial charge in [-0.15, -0.1) is 0 Å². The van der Waals surface area contributed by atoms with Gasteiger partial charge in [-0.2, -0.15) is 0 Å². The molecular formula is C21H23ClFN3O3. The number of carbonyl (C=O) groups excluding carboxylic acids is 2. The summed E-state index contributed by atoms with van der Waals surface area (Å²) in [5.41, 5.74) is 1.43. The minimum atomic E-state index is -0.375. The SMILES string of the molecule is O=C(CCCNC(=O)c1ccc(Cl)cc1)Nc1ccc(N2CCOCC2)c(F)c1. The van der Waals surface area contributed by atoms with Crippen LogP contribution in [0.2, 0.25) is 5.02 Å².